The molecule has 1 N–H and O–H groups in total. The highest BCUT2D eigenvalue weighted by Gasteiger charge is 2.12. The van der Waals surface area contributed by atoms with Crippen molar-refractivity contribution < 1.29 is 0 Å². The van der Waals surface area contributed by atoms with E-state index in [1.54, 1.807) is 4.80 Å². The van der Waals surface area contributed by atoms with Gasteiger partial charge < -0.3 is 5.32 Å². The highest BCUT2D eigenvalue weighted by atomic mass is 35.5. The topological polar surface area (TPSA) is 42.7 Å². The van der Waals surface area contributed by atoms with Crippen LogP contribution in [0, 0.1) is 0 Å². The van der Waals surface area contributed by atoms with Gasteiger partial charge in [0.25, 0.3) is 0 Å². The molecule has 0 unspecified atom stereocenters. The standard InChI is InChI=1S/C18H20N4.ClH/c1-2-19-13-17-18(16-11-7-4-8-12-16)21-22(20-17)14-15-9-5-3-6-10-15;/h3-12,19H,2,13-14H2,1H3;1H. The minimum Gasteiger partial charge on any atom is -0.311 e. The molecule has 0 bridgehead atoms. The number of hydrogen-bond acceptors (Lipinski definition) is 3. The first kappa shape index (κ1) is 17.2. The lowest BCUT2D eigenvalue weighted by molar-refractivity contribution is 0.579. The van der Waals surface area contributed by atoms with E-state index in [4.69, 9.17) is 5.10 Å². The number of benzene rings is 2. The van der Waals surface area contributed by atoms with Crippen LogP contribution in [0.2, 0.25) is 0 Å². The molecule has 0 aliphatic heterocycles. The molecule has 120 valence electrons. The van der Waals surface area contributed by atoms with Crippen LogP contribution in [-0.2, 0) is 13.1 Å². The predicted octanol–water partition coefficient (Wildman–Crippen LogP) is 3.52. The molecule has 0 saturated carbocycles. The Hall–Kier alpha value is -2.17. The van der Waals surface area contributed by atoms with Gasteiger partial charge in [-0.05, 0) is 12.1 Å². The molecule has 3 aromatic rings. The number of nitrogens with one attached hydrogen (secondary N) is 1. The number of hydrogen-bond donors (Lipinski definition) is 1. The fraction of sp³-hybridized carbons (Fsp3) is 0.222. The van der Waals surface area contributed by atoms with Crippen molar-refractivity contribution in [2.75, 3.05) is 6.54 Å². The van der Waals surface area contributed by atoms with Crippen molar-refractivity contribution >= 4 is 12.4 Å². The molecule has 0 aliphatic rings. The van der Waals surface area contributed by atoms with Gasteiger partial charge >= 0.3 is 0 Å². The van der Waals surface area contributed by atoms with Crippen molar-refractivity contribution in [3.8, 4) is 11.3 Å². The van der Waals surface area contributed by atoms with E-state index in [0.717, 1.165) is 30.0 Å². The van der Waals surface area contributed by atoms with Gasteiger partial charge in [0.15, 0.2) is 0 Å². The quantitative estimate of drug-likeness (QED) is 0.752. The summed E-state index contributed by atoms with van der Waals surface area (Å²) in [6, 6.07) is 20.5. The van der Waals surface area contributed by atoms with Gasteiger partial charge in [-0.25, -0.2) is 0 Å². The second kappa shape index (κ2) is 8.46. The van der Waals surface area contributed by atoms with Crippen LogP contribution in [0.3, 0.4) is 0 Å². The molecule has 0 aliphatic carbocycles. The molecule has 0 saturated heterocycles. The van der Waals surface area contributed by atoms with Gasteiger partial charge in [0, 0.05) is 12.1 Å². The molecular formula is C18H21ClN4. The summed E-state index contributed by atoms with van der Waals surface area (Å²) in [5, 5.41) is 12.7. The fourth-order valence-corrected chi connectivity index (χ4v) is 2.38. The SMILES string of the molecule is CCNCc1nn(Cc2ccccc2)nc1-c1ccccc1.Cl. The molecule has 23 heavy (non-hydrogen) atoms. The first-order valence-electron chi connectivity index (χ1n) is 7.61. The second-order valence-electron chi connectivity index (χ2n) is 5.16. The fourth-order valence-electron chi connectivity index (χ4n) is 2.38. The van der Waals surface area contributed by atoms with Crippen LogP contribution in [0.15, 0.2) is 60.7 Å². The zero-order valence-corrected chi connectivity index (χ0v) is 14.0. The Labute approximate surface area is 143 Å². The van der Waals surface area contributed by atoms with Crippen molar-refractivity contribution in [3.63, 3.8) is 0 Å². The number of halogens is 1. The minimum atomic E-state index is 0. The second-order valence-corrected chi connectivity index (χ2v) is 5.16. The average Bonchev–Trinajstić information content (AvgIpc) is 2.97. The molecule has 0 radical (unpaired) electrons. The smallest absolute Gasteiger partial charge is 0.117 e. The van der Waals surface area contributed by atoms with E-state index in [9.17, 15) is 0 Å². The lowest BCUT2D eigenvalue weighted by Gasteiger charge is -2.00. The minimum absolute atomic E-state index is 0. The van der Waals surface area contributed by atoms with E-state index in [1.807, 2.05) is 36.4 Å². The Bertz CT molecular complexity index is 710. The molecule has 1 aromatic heterocycles. The summed E-state index contributed by atoms with van der Waals surface area (Å²) in [5.41, 5.74) is 4.25. The van der Waals surface area contributed by atoms with Gasteiger partial charge in [-0.15, -0.1) is 12.4 Å². The third-order valence-electron chi connectivity index (χ3n) is 3.48. The van der Waals surface area contributed by atoms with E-state index in [-0.39, 0.29) is 12.4 Å². The Morgan fingerprint density at radius 3 is 2.22 bits per heavy atom. The molecule has 4 nitrogen and oxygen atoms in total. The van der Waals surface area contributed by atoms with Crippen molar-refractivity contribution in [1.82, 2.24) is 20.3 Å². The van der Waals surface area contributed by atoms with Gasteiger partial charge in [0.2, 0.25) is 0 Å². The van der Waals surface area contributed by atoms with Crippen LogP contribution in [0.25, 0.3) is 11.3 Å². The molecule has 0 spiro atoms. The van der Waals surface area contributed by atoms with E-state index >= 15 is 0 Å². The summed E-state index contributed by atoms with van der Waals surface area (Å²) in [6.07, 6.45) is 0. The zero-order chi connectivity index (χ0) is 15.2. The summed E-state index contributed by atoms with van der Waals surface area (Å²) in [5.74, 6) is 0. The van der Waals surface area contributed by atoms with Gasteiger partial charge in [-0.1, -0.05) is 67.6 Å². The van der Waals surface area contributed by atoms with Gasteiger partial charge in [0.1, 0.15) is 11.4 Å². The molecule has 1 heterocycles. The van der Waals surface area contributed by atoms with Gasteiger partial charge in [0.05, 0.1) is 6.54 Å². The maximum Gasteiger partial charge on any atom is 0.117 e. The Balaban J connectivity index is 0.00000192. The van der Waals surface area contributed by atoms with E-state index in [1.165, 1.54) is 5.56 Å². The Kier molecular flexibility index (Phi) is 6.32. The predicted molar refractivity (Wildman–Crippen MR) is 95.6 cm³/mol. The molecular weight excluding hydrogens is 308 g/mol. The van der Waals surface area contributed by atoms with E-state index < -0.39 is 0 Å². The molecule has 0 atom stereocenters. The van der Waals surface area contributed by atoms with Crippen LogP contribution in [0.5, 0.6) is 0 Å². The monoisotopic (exact) mass is 328 g/mol. The maximum atomic E-state index is 4.69. The summed E-state index contributed by atoms with van der Waals surface area (Å²) < 4.78 is 0. The number of nitrogens with zero attached hydrogens (tertiary/aromatic N) is 3. The molecule has 3 rings (SSSR count). The molecule has 2 aromatic carbocycles. The van der Waals surface area contributed by atoms with Crippen LogP contribution >= 0.6 is 12.4 Å². The molecule has 0 fully saturated rings. The third-order valence-corrected chi connectivity index (χ3v) is 3.48. The van der Waals surface area contributed by atoms with Crippen molar-refractivity contribution in [2.24, 2.45) is 0 Å². The van der Waals surface area contributed by atoms with Crippen LogP contribution < -0.4 is 5.32 Å². The van der Waals surface area contributed by atoms with Gasteiger partial charge in [-0.2, -0.15) is 15.0 Å². The number of rotatable bonds is 6. The zero-order valence-electron chi connectivity index (χ0n) is 13.1. The van der Waals surface area contributed by atoms with Crippen LogP contribution in [-0.4, -0.2) is 21.5 Å². The Morgan fingerprint density at radius 2 is 1.57 bits per heavy atom. The molecule has 0 amide bonds. The summed E-state index contributed by atoms with van der Waals surface area (Å²) in [6.45, 7) is 4.43. The third kappa shape index (κ3) is 4.41. The van der Waals surface area contributed by atoms with E-state index in [2.05, 4.69) is 41.6 Å². The highest BCUT2D eigenvalue weighted by molar-refractivity contribution is 5.85. The lowest BCUT2D eigenvalue weighted by Crippen LogP contribution is -2.13. The summed E-state index contributed by atoms with van der Waals surface area (Å²) in [7, 11) is 0. The van der Waals surface area contributed by atoms with Crippen molar-refractivity contribution in [2.45, 2.75) is 20.0 Å². The lowest BCUT2D eigenvalue weighted by atomic mass is 10.1. The van der Waals surface area contributed by atoms with Gasteiger partial charge in [-0.3, -0.25) is 0 Å². The summed E-state index contributed by atoms with van der Waals surface area (Å²) >= 11 is 0. The van der Waals surface area contributed by atoms with Crippen molar-refractivity contribution in [3.05, 3.63) is 71.9 Å². The van der Waals surface area contributed by atoms with E-state index in [0.29, 0.717) is 6.54 Å². The first-order valence-corrected chi connectivity index (χ1v) is 7.61. The first-order chi connectivity index (χ1) is 10.9. The normalized spacial score (nSPS) is 10.3. The molecule has 5 heteroatoms. The largest absolute Gasteiger partial charge is 0.311 e. The average molecular weight is 329 g/mol. The highest BCUT2D eigenvalue weighted by Crippen LogP contribution is 2.20. The number of aromatic nitrogens is 3. The summed E-state index contributed by atoms with van der Waals surface area (Å²) in [4.78, 5) is 1.78. The van der Waals surface area contributed by atoms with Crippen LogP contribution in [0.4, 0.5) is 0 Å². The van der Waals surface area contributed by atoms with Crippen LogP contribution in [0.1, 0.15) is 18.2 Å². The Morgan fingerprint density at radius 1 is 0.913 bits per heavy atom. The maximum absolute atomic E-state index is 4.69. The van der Waals surface area contributed by atoms with Crippen molar-refractivity contribution in [1.29, 1.82) is 0 Å².